The average Bonchev–Trinajstić information content (AvgIpc) is 2.59. The molecule has 0 saturated carbocycles. The van der Waals surface area contributed by atoms with Crippen molar-refractivity contribution in [1.29, 1.82) is 0 Å². The van der Waals surface area contributed by atoms with Gasteiger partial charge in [0, 0.05) is 24.4 Å². The van der Waals surface area contributed by atoms with Crippen molar-refractivity contribution in [2.45, 2.75) is 47.0 Å². The maximum Gasteiger partial charge on any atom is 0.132 e. The predicted octanol–water partition coefficient (Wildman–Crippen LogP) is 5.47. The number of halogens is 1. The number of benzene rings is 1. The monoisotopic (exact) mass is 328 g/mol. The second-order valence-electron chi connectivity index (χ2n) is 6.49. The van der Waals surface area contributed by atoms with Crippen molar-refractivity contribution in [3.8, 4) is 0 Å². The second-order valence-corrected chi connectivity index (χ2v) is 6.49. The van der Waals surface area contributed by atoms with Crippen molar-refractivity contribution in [2.75, 3.05) is 19.6 Å². The molecule has 3 heteroatoms. The first kappa shape index (κ1) is 18.6. The van der Waals surface area contributed by atoms with Crippen LogP contribution in [0.4, 0.5) is 4.39 Å². The quantitative estimate of drug-likeness (QED) is 0.632. The highest BCUT2D eigenvalue weighted by Gasteiger charge is 2.18. The Morgan fingerprint density at radius 3 is 2.75 bits per heavy atom. The number of allylic oxidation sites excluding steroid dienone is 1. The first-order valence-electron chi connectivity index (χ1n) is 8.94. The molecule has 0 atom stereocenters. The molecule has 1 aliphatic rings. The standard InChI is InChI=1S/C21H29FN2/c1-5-7-13-24-14-12-16(3)19(15-24)17(4)23-21(6-2)18-10-8-9-11-20(18)22/h6,8-11H,5,7,12-15H2,1-4H3/b21-6-,23-17?. The molecule has 2 nitrogen and oxygen atoms in total. The van der Waals surface area contributed by atoms with Crippen molar-refractivity contribution in [2.24, 2.45) is 4.99 Å². The molecule has 0 fully saturated rings. The Bertz CT molecular complexity index is 656. The van der Waals surface area contributed by atoms with Gasteiger partial charge in [0.2, 0.25) is 0 Å². The van der Waals surface area contributed by atoms with Crippen LogP contribution in [0.2, 0.25) is 0 Å². The van der Waals surface area contributed by atoms with Crippen molar-refractivity contribution in [3.63, 3.8) is 0 Å². The predicted molar refractivity (Wildman–Crippen MR) is 102 cm³/mol. The molecule has 0 saturated heterocycles. The fourth-order valence-electron chi connectivity index (χ4n) is 3.11. The van der Waals surface area contributed by atoms with Gasteiger partial charge in [0.15, 0.2) is 0 Å². The number of rotatable bonds is 6. The summed E-state index contributed by atoms with van der Waals surface area (Å²) in [5, 5.41) is 0. The van der Waals surface area contributed by atoms with E-state index in [9.17, 15) is 4.39 Å². The van der Waals surface area contributed by atoms with Crippen LogP contribution < -0.4 is 0 Å². The lowest BCUT2D eigenvalue weighted by atomic mass is 9.97. The lowest BCUT2D eigenvalue weighted by Gasteiger charge is -2.30. The topological polar surface area (TPSA) is 15.6 Å². The molecule has 1 heterocycles. The van der Waals surface area contributed by atoms with Gasteiger partial charge >= 0.3 is 0 Å². The van der Waals surface area contributed by atoms with Crippen LogP contribution in [0.15, 0.2) is 46.5 Å². The smallest absolute Gasteiger partial charge is 0.132 e. The summed E-state index contributed by atoms with van der Waals surface area (Å²) in [6.07, 6.45) is 5.43. The van der Waals surface area contributed by atoms with E-state index in [-0.39, 0.29) is 5.82 Å². The molecular formula is C21H29FN2. The summed E-state index contributed by atoms with van der Waals surface area (Å²) < 4.78 is 14.1. The van der Waals surface area contributed by atoms with Crippen molar-refractivity contribution < 1.29 is 4.39 Å². The fraction of sp³-hybridized carbons (Fsp3) is 0.476. The molecule has 0 bridgehead atoms. The molecule has 1 aromatic rings. The van der Waals surface area contributed by atoms with Crippen LogP contribution in [0.5, 0.6) is 0 Å². The van der Waals surface area contributed by atoms with Gasteiger partial charge in [-0.15, -0.1) is 0 Å². The van der Waals surface area contributed by atoms with Crippen LogP contribution in [0, 0.1) is 5.82 Å². The molecule has 0 radical (unpaired) electrons. The summed E-state index contributed by atoms with van der Waals surface area (Å²) in [4.78, 5) is 7.27. The molecule has 1 aliphatic heterocycles. The SMILES string of the molecule is C/C=C(\N=C(C)C1=C(C)CCN(CCCC)C1)c1ccccc1F. The van der Waals surface area contributed by atoms with Gasteiger partial charge in [0.25, 0.3) is 0 Å². The van der Waals surface area contributed by atoms with E-state index in [1.54, 1.807) is 12.1 Å². The highest BCUT2D eigenvalue weighted by molar-refractivity contribution is 6.02. The Morgan fingerprint density at radius 1 is 1.33 bits per heavy atom. The number of nitrogens with zero attached hydrogens (tertiary/aromatic N) is 2. The minimum absolute atomic E-state index is 0.221. The van der Waals surface area contributed by atoms with E-state index in [0.717, 1.165) is 31.8 Å². The minimum atomic E-state index is -0.221. The third kappa shape index (κ3) is 4.64. The highest BCUT2D eigenvalue weighted by Crippen LogP contribution is 2.24. The zero-order valence-electron chi connectivity index (χ0n) is 15.4. The van der Waals surface area contributed by atoms with Crippen LogP contribution in [-0.4, -0.2) is 30.2 Å². The van der Waals surface area contributed by atoms with E-state index < -0.39 is 0 Å². The molecule has 24 heavy (non-hydrogen) atoms. The van der Waals surface area contributed by atoms with Crippen LogP contribution >= 0.6 is 0 Å². The van der Waals surface area contributed by atoms with Crippen molar-refractivity contribution >= 4 is 11.4 Å². The summed E-state index contributed by atoms with van der Waals surface area (Å²) >= 11 is 0. The van der Waals surface area contributed by atoms with E-state index in [1.165, 1.54) is 30.1 Å². The van der Waals surface area contributed by atoms with Crippen LogP contribution in [0.25, 0.3) is 5.70 Å². The molecule has 0 amide bonds. The molecule has 0 N–H and O–H groups in total. The largest absolute Gasteiger partial charge is 0.299 e. The Labute approximate surface area is 145 Å². The summed E-state index contributed by atoms with van der Waals surface area (Å²) in [5.74, 6) is -0.221. The van der Waals surface area contributed by atoms with Gasteiger partial charge in [-0.1, -0.05) is 37.1 Å². The second kappa shape index (κ2) is 8.93. The highest BCUT2D eigenvalue weighted by atomic mass is 19.1. The maximum absolute atomic E-state index is 14.1. The van der Waals surface area contributed by atoms with E-state index in [1.807, 2.05) is 26.0 Å². The lowest BCUT2D eigenvalue weighted by Crippen LogP contribution is -2.34. The molecule has 1 aromatic carbocycles. The van der Waals surface area contributed by atoms with Crippen LogP contribution in [0.1, 0.15) is 52.5 Å². The number of aliphatic imine (C=N–C) groups is 1. The summed E-state index contributed by atoms with van der Waals surface area (Å²) in [5.41, 5.74) is 5.00. The van der Waals surface area contributed by atoms with Gasteiger partial charge in [-0.25, -0.2) is 4.39 Å². The van der Waals surface area contributed by atoms with Crippen LogP contribution in [-0.2, 0) is 0 Å². The van der Waals surface area contributed by atoms with Gasteiger partial charge in [0.1, 0.15) is 5.82 Å². The number of hydrogen-bond donors (Lipinski definition) is 0. The van der Waals surface area contributed by atoms with Gasteiger partial charge in [-0.3, -0.25) is 9.89 Å². The molecular weight excluding hydrogens is 299 g/mol. The van der Waals surface area contributed by atoms with Crippen molar-refractivity contribution in [3.05, 3.63) is 52.9 Å². The van der Waals surface area contributed by atoms with Gasteiger partial charge in [-0.05, 0) is 57.9 Å². The third-order valence-electron chi connectivity index (χ3n) is 4.68. The lowest BCUT2D eigenvalue weighted by molar-refractivity contribution is 0.285. The van der Waals surface area contributed by atoms with E-state index in [0.29, 0.717) is 11.3 Å². The number of unbranched alkanes of at least 4 members (excludes halogenated alkanes) is 1. The van der Waals surface area contributed by atoms with Crippen LogP contribution in [0.3, 0.4) is 0 Å². The van der Waals surface area contributed by atoms with E-state index in [4.69, 9.17) is 4.99 Å². The van der Waals surface area contributed by atoms with Gasteiger partial charge in [-0.2, -0.15) is 0 Å². The Morgan fingerprint density at radius 2 is 2.08 bits per heavy atom. The molecule has 0 unspecified atom stereocenters. The summed E-state index contributed by atoms with van der Waals surface area (Å²) in [6.45, 7) is 11.6. The Balaban J connectivity index is 2.23. The normalized spacial score (nSPS) is 17.5. The molecule has 130 valence electrons. The first-order valence-corrected chi connectivity index (χ1v) is 8.94. The Kier molecular flexibility index (Phi) is 6.92. The molecule has 0 spiro atoms. The first-order chi connectivity index (χ1) is 11.6. The van der Waals surface area contributed by atoms with E-state index >= 15 is 0 Å². The molecule has 2 rings (SSSR count). The summed E-state index contributed by atoms with van der Waals surface area (Å²) in [6, 6.07) is 6.84. The fourth-order valence-corrected chi connectivity index (χ4v) is 3.11. The third-order valence-corrected chi connectivity index (χ3v) is 4.68. The average molecular weight is 328 g/mol. The van der Waals surface area contributed by atoms with Gasteiger partial charge in [0.05, 0.1) is 5.70 Å². The molecule has 0 aromatic heterocycles. The summed E-state index contributed by atoms with van der Waals surface area (Å²) in [7, 11) is 0. The maximum atomic E-state index is 14.1. The van der Waals surface area contributed by atoms with Gasteiger partial charge < -0.3 is 0 Å². The van der Waals surface area contributed by atoms with E-state index in [2.05, 4.69) is 18.7 Å². The zero-order valence-corrected chi connectivity index (χ0v) is 15.4. The number of hydrogen-bond acceptors (Lipinski definition) is 2. The Hall–Kier alpha value is -1.74. The zero-order chi connectivity index (χ0) is 17.5. The minimum Gasteiger partial charge on any atom is -0.299 e. The molecule has 0 aliphatic carbocycles. The van der Waals surface area contributed by atoms with Crippen molar-refractivity contribution in [1.82, 2.24) is 4.90 Å².